The first-order valence-electron chi connectivity index (χ1n) is 6.51. The molecule has 0 spiro atoms. The highest BCUT2D eigenvalue weighted by Gasteiger charge is 2.32. The molecule has 1 aliphatic heterocycles. The predicted octanol–water partition coefficient (Wildman–Crippen LogP) is 1.78. The van der Waals surface area contributed by atoms with Gasteiger partial charge >= 0.3 is 12.0 Å². The number of rotatable bonds is 6. The van der Waals surface area contributed by atoms with Gasteiger partial charge in [-0.3, -0.25) is 0 Å². The number of aliphatic carboxylic acids is 1. The van der Waals surface area contributed by atoms with E-state index < -0.39 is 12.0 Å². The topological polar surface area (TPSA) is 69.6 Å². The van der Waals surface area contributed by atoms with Gasteiger partial charge in [-0.05, 0) is 6.42 Å². The molecule has 1 rings (SSSR count). The van der Waals surface area contributed by atoms with Crippen LogP contribution in [0.5, 0.6) is 0 Å². The van der Waals surface area contributed by atoms with E-state index in [4.69, 9.17) is 5.11 Å². The molecule has 1 saturated heterocycles. The van der Waals surface area contributed by atoms with E-state index in [0.29, 0.717) is 18.8 Å². The van der Waals surface area contributed by atoms with Crippen LogP contribution in [0, 0.1) is 0 Å². The fourth-order valence-corrected chi connectivity index (χ4v) is 2.94. The summed E-state index contributed by atoms with van der Waals surface area (Å²) in [6, 6.07) is -0.918. The summed E-state index contributed by atoms with van der Waals surface area (Å²) >= 11 is 1.58. The molecule has 1 fully saturated rings. The van der Waals surface area contributed by atoms with Crippen molar-refractivity contribution in [3.63, 3.8) is 0 Å². The Bertz CT molecular complexity index is 286. The molecule has 1 aliphatic rings. The Hall–Kier alpha value is -0.910. The molecule has 5 nitrogen and oxygen atoms in total. The quantitative estimate of drug-likeness (QED) is 0.724. The molecule has 2 N–H and O–H groups in total. The molecule has 0 bridgehead atoms. The van der Waals surface area contributed by atoms with Crippen LogP contribution in [0.1, 0.15) is 32.6 Å². The van der Waals surface area contributed by atoms with E-state index in [0.717, 1.165) is 18.6 Å². The summed E-state index contributed by atoms with van der Waals surface area (Å²) in [7, 11) is 0. The fraction of sp³-hybridized carbons (Fsp3) is 0.833. The van der Waals surface area contributed by atoms with Crippen molar-refractivity contribution in [3.05, 3.63) is 0 Å². The van der Waals surface area contributed by atoms with Crippen molar-refractivity contribution in [2.24, 2.45) is 0 Å². The lowest BCUT2D eigenvalue weighted by Gasteiger charge is -2.32. The summed E-state index contributed by atoms with van der Waals surface area (Å²) in [6.45, 7) is 3.29. The maximum atomic E-state index is 11.9. The van der Waals surface area contributed by atoms with Gasteiger partial charge in [0.05, 0.1) is 0 Å². The zero-order valence-corrected chi connectivity index (χ0v) is 11.7. The van der Waals surface area contributed by atoms with E-state index in [9.17, 15) is 9.59 Å². The molecule has 2 amide bonds. The van der Waals surface area contributed by atoms with Gasteiger partial charge in [0.1, 0.15) is 6.04 Å². The molecule has 1 unspecified atom stereocenters. The number of nitrogens with zero attached hydrogens (tertiary/aromatic N) is 1. The third kappa shape index (κ3) is 4.76. The molecule has 104 valence electrons. The molecule has 0 radical (unpaired) electrons. The number of carbonyl (C=O) groups excluding carboxylic acids is 1. The monoisotopic (exact) mass is 274 g/mol. The number of unbranched alkanes of at least 4 members (excludes halogenated alkanes) is 3. The average molecular weight is 274 g/mol. The second-order valence-electron chi connectivity index (χ2n) is 4.41. The Morgan fingerprint density at radius 3 is 2.83 bits per heavy atom. The Labute approximate surface area is 112 Å². The van der Waals surface area contributed by atoms with Crippen LogP contribution in [0.15, 0.2) is 0 Å². The van der Waals surface area contributed by atoms with Crippen molar-refractivity contribution in [1.82, 2.24) is 10.2 Å². The Kier molecular flexibility index (Phi) is 6.93. The zero-order valence-electron chi connectivity index (χ0n) is 10.9. The van der Waals surface area contributed by atoms with Crippen molar-refractivity contribution in [1.29, 1.82) is 0 Å². The van der Waals surface area contributed by atoms with Crippen LogP contribution in [0.2, 0.25) is 0 Å². The lowest BCUT2D eigenvalue weighted by molar-refractivity contribution is -0.141. The largest absolute Gasteiger partial charge is 0.480 e. The summed E-state index contributed by atoms with van der Waals surface area (Å²) in [5.41, 5.74) is 0. The Morgan fingerprint density at radius 2 is 2.17 bits per heavy atom. The van der Waals surface area contributed by atoms with Crippen molar-refractivity contribution < 1.29 is 14.7 Å². The van der Waals surface area contributed by atoms with Gasteiger partial charge in [-0.15, -0.1) is 0 Å². The van der Waals surface area contributed by atoms with Crippen molar-refractivity contribution in [2.45, 2.75) is 38.6 Å². The summed E-state index contributed by atoms with van der Waals surface area (Å²) in [6.07, 6.45) is 4.40. The second-order valence-corrected chi connectivity index (χ2v) is 5.56. The van der Waals surface area contributed by atoms with Crippen LogP contribution in [-0.2, 0) is 4.79 Å². The van der Waals surface area contributed by atoms with E-state index in [2.05, 4.69) is 12.2 Å². The Balaban J connectivity index is 2.32. The first-order chi connectivity index (χ1) is 8.66. The first kappa shape index (κ1) is 15.1. The molecule has 0 aliphatic carbocycles. The minimum atomic E-state index is -0.914. The lowest BCUT2D eigenvalue weighted by Crippen LogP contribution is -2.53. The van der Waals surface area contributed by atoms with Gasteiger partial charge in [0, 0.05) is 24.6 Å². The minimum Gasteiger partial charge on any atom is -0.480 e. The van der Waals surface area contributed by atoms with Crippen LogP contribution in [-0.4, -0.2) is 52.6 Å². The molecular formula is C12H22N2O3S. The van der Waals surface area contributed by atoms with E-state index >= 15 is 0 Å². The van der Waals surface area contributed by atoms with Crippen molar-refractivity contribution in [2.75, 3.05) is 24.6 Å². The first-order valence-corrected chi connectivity index (χ1v) is 7.67. The van der Waals surface area contributed by atoms with Gasteiger partial charge in [-0.25, -0.2) is 9.59 Å². The maximum Gasteiger partial charge on any atom is 0.327 e. The second kappa shape index (κ2) is 8.24. The number of amides is 2. The van der Waals surface area contributed by atoms with Gasteiger partial charge in [-0.2, -0.15) is 11.8 Å². The maximum absolute atomic E-state index is 11.9. The number of carbonyl (C=O) groups is 2. The molecule has 0 aromatic carbocycles. The van der Waals surface area contributed by atoms with Gasteiger partial charge in [0.15, 0.2) is 0 Å². The highest BCUT2D eigenvalue weighted by Crippen LogP contribution is 2.16. The number of carboxylic acid groups (broad SMARTS) is 1. The molecule has 6 heteroatoms. The van der Waals surface area contributed by atoms with Gasteiger partial charge in [0.25, 0.3) is 0 Å². The fourth-order valence-electron chi connectivity index (χ4n) is 1.90. The highest BCUT2D eigenvalue weighted by molar-refractivity contribution is 7.99. The van der Waals surface area contributed by atoms with Crippen LogP contribution < -0.4 is 5.32 Å². The SMILES string of the molecule is CCCCCCNC(=O)N1CCSCC1C(=O)O. The van der Waals surface area contributed by atoms with Crippen LogP contribution in [0.4, 0.5) is 4.79 Å². The predicted molar refractivity (Wildman–Crippen MR) is 73.0 cm³/mol. The number of hydrogen-bond donors (Lipinski definition) is 2. The summed E-state index contributed by atoms with van der Waals surface area (Å²) in [5, 5.41) is 11.9. The van der Waals surface area contributed by atoms with Crippen LogP contribution >= 0.6 is 11.8 Å². The number of urea groups is 1. The number of carboxylic acids is 1. The number of hydrogen-bond acceptors (Lipinski definition) is 3. The third-order valence-corrected chi connectivity index (χ3v) is 4.00. The zero-order chi connectivity index (χ0) is 13.4. The van der Waals surface area contributed by atoms with E-state index in [-0.39, 0.29) is 6.03 Å². The molecule has 18 heavy (non-hydrogen) atoms. The average Bonchev–Trinajstić information content (AvgIpc) is 2.38. The molecule has 0 saturated carbocycles. The molecule has 1 heterocycles. The lowest BCUT2D eigenvalue weighted by atomic mass is 10.2. The normalized spacial score (nSPS) is 19.6. The molecular weight excluding hydrogens is 252 g/mol. The third-order valence-electron chi connectivity index (χ3n) is 2.98. The highest BCUT2D eigenvalue weighted by atomic mass is 32.2. The minimum absolute atomic E-state index is 0.237. The standard InChI is InChI=1S/C12H22N2O3S/c1-2-3-4-5-6-13-12(17)14-7-8-18-9-10(14)11(15)16/h10H,2-9H2,1H3,(H,13,17)(H,15,16). The summed E-state index contributed by atoms with van der Waals surface area (Å²) in [4.78, 5) is 24.4. The van der Waals surface area contributed by atoms with E-state index in [1.54, 1.807) is 11.8 Å². The molecule has 0 aromatic rings. The smallest absolute Gasteiger partial charge is 0.327 e. The summed E-state index contributed by atoms with van der Waals surface area (Å²) < 4.78 is 0. The van der Waals surface area contributed by atoms with Crippen molar-refractivity contribution in [3.8, 4) is 0 Å². The molecule has 1 atom stereocenters. The van der Waals surface area contributed by atoms with Crippen molar-refractivity contribution >= 4 is 23.8 Å². The van der Waals surface area contributed by atoms with E-state index in [1.165, 1.54) is 17.7 Å². The Morgan fingerprint density at radius 1 is 1.39 bits per heavy atom. The van der Waals surface area contributed by atoms with Crippen LogP contribution in [0.25, 0.3) is 0 Å². The number of nitrogens with one attached hydrogen (secondary N) is 1. The summed E-state index contributed by atoms with van der Waals surface area (Å²) in [5.74, 6) is 0.384. The van der Waals surface area contributed by atoms with Gasteiger partial charge in [-0.1, -0.05) is 26.2 Å². The van der Waals surface area contributed by atoms with Crippen LogP contribution in [0.3, 0.4) is 0 Å². The molecule has 0 aromatic heterocycles. The van der Waals surface area contributed by atoms with Gasteiger partial charge < -0.3 is 15.3 Å². The number of thioether (sulfide) groups is 1. The van der Waals surface area contributed by atoms with E-state index in [1.807, 2.05) is 0 Å². The van der Waals surface area contributed by atoms with Gasteiger partial charge in [0.2, 0.25) is 0 Å².